The number of aromatic nitrogens is 2. The zero-order chi connectivity index (χ0) is 17.2. The molecule has 1 N–H and O–H groups in total. The Morgan fingerprint density at radius 1 is 1.44 bits per heavy atom. The molecule has 2 fully saturated rings. The van der Waals surface area contributed by atoms with Crippen LogP contribution in [0.25, 0.3) is 0 Å². The normalized spacial score (nSPS) is 25.5. The van der Waals surface area contributed by atoms with Gasteiger partial charge in [-0.15, -0.1) is 5.10 Å². The minimum absolute atomic E-state index is 0.0359. The molecule has 1 aliphatic carbocycles. The Morgan fingerprint density at radius 3 is 3.12 bits per heavy atom. The van der Waals surface area contributed by atoms with Crippen molar-refractivity contribution in [2.75, 3.05) is 25.0 Å². The van der Waals surface area contributed by atoms with Gasteiger partial charge in [-0.3, -0.25) is 0 Å². The van der Waals surface area contributed by atoms with E-state index in [1.165, 1.54) is 5.56 Å². The molecule has 2 amide bonds. The van der Waals surface area contributed by atoms with Crippen molar-refractivity contribution in [2.45, 2.75) is 37.3 Å². The highest BCUT2D eigenvalue weighted by molar-refractivity contribution is 7.08. The van der Waals surface area contributed by atoms with E-state index in [9.17, 15) is 4.79 Å². The van der Waals surface area contributed by atoms with Crippen LogP contribution < -0.4 is 10.2 Å². The first kappa shape index (κ1) is 16.3. The Labute approximate surface area is 151 Å². The molecule has 132 valence electrons. The van der Waals surface area contributed by atoms with Crippen molar-refractivity contribution in [2.24, 2.45) is 0 Å². The SMILES string of the molecule is CN(C(=O)NC1CC1c1ccsc1)[C@@H]1CCCN(c2cccnn2)C1. The molecule has 3 atom stereocenters. The van der Waals surface area contributed by atoms with E-state index in [0.29, 0.717) is 5.92 Å². The van der Waals surface area contributed by atoms with E-state index < -0.39 is 0 Å². The molecule has 6 nitrogen and oxygen atoms in total. The van der Waals surface area contributed by atoms with Crippen LogP contribution in [0.5, 0.6) is 0 Å². The van der Waals surface area contributed by atoms with E-state index in [-0.39, 0.29) is 18.1 Å². The van der Waals surface area contributed by atoms with Crippen LogP contribution >= 0.6 is 11.3 Å². The van der Waals surface area contributed by atoms with Crippen LogP contribution in [-0.4, -0.2) is 53.3 Å². The van der Waals surface area contributed by atoms with Gasteiger partial charge in [-0.2, -0.15) is 16.4 Å². The zero-order valence-corrected chi connectivity index (χ0v) is 15.2. The average molecular weight is 357 g/mol. The topological polar surface area (TPSA) is 61.4 Å². The summed E-state index contributed by atoms with van der Waals surface area (Å²) in [5.41, 5.74) is 1.35. The fourth-order valence-corrected chi connectivity index (χ4v) is 4.30. The molecule has 0 radical (unpaired) electrons. The van der Waals surface area contributed by atoms with Gasteiger partial charge in [0.05, 0.1) is 6.04 Å². The number of thiophene rings is 1. The number of rotatable bonds is 4. The van der Waals surface area contributed by atoms with Crippen molar-refractivity contribution >= 4 is 23.2 Å². The Hall–Kier alpha value is -2.15. The lowest BCUT2D eigenvalue weighted by atomic mass is 10.0. The fourth-order valence-electron chi connectivity index (χ4n) is 3.58. The molecule has 2 aromatic rings. The first-order valence-corrected chi connectivity index (χ1v) is 9.74. The van der Waals surface area contributed by atoms with Crippen LogP contribution in [0.2, 0.25) is 0 Å². The monoisotopic (exact) mass is 357 g/mol. The van der Waals surface area contributed by atoms with Crippen molar-refractivity contribution < 1.29 is 4.79 Å². The molecule has 1 saturated heterocycles. The summed E-state index contributed by atoms with van der Waals surface area (Å²) in [6.45, 7) is 1.77. The van der Waals surface area contributed by atoms with E-state index in [1.54, 1.807) is 17.5 Å². The molecule has 2 unspecified atom stereocenters. The van der Waals surface area contributed by atoms with Crippen LogP contribution in [0.3, 0.4) is 0 Å². The molecule has 1 saturated carbocycles. The predicted octanol–water partition coefficient (Wildman–Crippen LogP) is 2.70. The first-order chi connectivity index (χ1) is 12.2. The highest BCUT2D eigenvalue weighted by atomic mass is 32.1. The molecule has 0 spiro atoms. The van der Waals surface area contributed by atoms with Gasteiger partial charge < -0.3 is 15.1 Å². The van der Waals surface area contributed by atoms with Crippen LogP contribution in [0.4, 0.5) is 10.6 Å². The molecule has 2 aromatic heterocycles. The van der Waals surface area contributed by atoms with Gasteiger partial charge >= 0.3 is 6.03 Å². The van der Waals surface area contributed by atoms with Gasteiger partial charge in [0, 0.05) is 38.3 Å². The summed E-state index contributed by atoms with van der Waals surface area (Å²) in [5.74, 6) is 1.38. The molecule has 3 heterocycles. The summed E-state index contributed by atoms with van der Waals surface area (Å²) >= 11 is 1.72. The van der Waals surface area contributed by atoms with Crippen LogP contribution in [-0.2, 0) is 0 Å². The average Bonchev–Trinajstić information content (AvgIpc) is 3.20. The van der Waals surface area contributed by atoms with Crippen LogP contribution in [0.15, 0.2) is 35.2 Å². The van der Waals surface area contributed by atoms with Crippen molar-refractivity contribution in [3.8, 4) is 0 Å². The van der Waals surface area contributed by atoms with Gasteiger partial charge in [0.15, 0.2) is 5.82 Å². The number of carbonyl (C=O) groups is 1. The molecular formula is C18H23N5OS. The van der Waals surface area contributed by atoms with E-state index in [4.69, 9.17) is 0 Å². The summed E-state index contributed by atoms with van der Waals surface area (Å²) in [5, 5.41) is 15.6. The number of piperidine rings is 1. The summed E-state index contributed by atoms with van der Waals surface area (Å²) < 4.78 is 0. The second kappa shape index (κ2) is 7.00. The number of amides is 2. The fraction of sp³-hybridized carbons (Fsp3) is 0.500. The largest absolute Gasteiger partial charge is 0.353 e. The molecule has 25 heavy (non-hydrogen) atoms. The molecule has 0 aromatic carbocycles. The maximum absolute atomic E-state index is 12.6. The lowest BCUT2D eigenvalue weighted by Gasteiger charge is -2.38. The van der Waals surface area contributed by atoms with Gasteiger partial charge in [-0.05, 0) is 53.8 Å². The number of hydrogen-bond donors (Lipinski definition) is 1. The minimum Gasteiger partial charge on any atom is -0.353 e. The molecule has 2 aliphatic rings. The van der Waals surface area contributed by atoms with Crippen LogP contribution in [0, 0.1) is 0 Å². The highest BCUT2D eigenvalue weighted by Crippen LogP contribution is 2.41. The van der Waals surface area contributed by atoms with E-state index >= 15 is 0 Å². The Morgan fingerprint density at radius 2 is 2.36 bits per heavy atom. The summed E-state index contributed by atoms with van der Waals surface area (Å²) in [6.07, 6.45) is 4.82. The standard InChI is InChI=1S/C18H23N5OS/c1-22(18(24)20-16-10-15(16)13-6-9-25-12-13)14-4-3-8-23(11-14)17-5-2-7-19-21-17/h2,5-7,9,12,14-16H,3-4,8,10-11H2,1H3,(H,20,24)/t14-,15?,16?/m1/s1. The maximum Gasteiger partial charge on any atom is 0.317 e. The summed E-state index contributed by atoms with van der Waals surface area (Å²) in [4.78, 5) is 16.7. The zero-order valence-electron chi connectivity index (χ0n) is 14.3. The molecule has 0 bridgehead atoms. The minimum atomic E-state index is 0.0359. The Balaban J connectivity index is 1.32. The van der Waals surface area contributed by atoms with Crippen molar-refractivity contribution in [1.29, 1.82) is 0 Å². The third-order valence-corrected chi connectivity index (χ3v) is 5.92. The number of likely N-dealkylation sites (N-methyl/N-ethyl adjacent to an activating group) is 1. The number of hydrogen-bond acceptors (Lipinski definition) is 5. The molecule has 7 heteroatoms. The van der Waals surface area contributed by atoms with Gasteiger partial charge in [0.2, 0.25) is 0 Å². The van der Waals surface area contributed by atoms with Crippen molar-refractivity contribution in [3.63, 3.8) is 0 Å². The number of nitrogens with zero attached hydrogens (tertiary/aromatic N) is 4. The van der Waals surface area contributed by atoms with E-state index in [2.05, 4.69) is 37.2 Å². The summed E-state index contributed by atoms with van der Waals surface area (Å²) in [7, 11) is 1.90. The Kier molecular flexibility index (Phi) is 4.57. The predicted molar refractivity (Wildman–Crippen MR) is 99.0 cm³/mol. The molecule has 4 rings (SSSR count). The van der Waals surface area contributed by atoms with Gasteiger partial charge in [-0.25, -0.2) is 4.79 Å². The van der Waals surface area contributed by atoms with Gasteiger partial charge in [-0.1, -0.05) is 0 Å². The Bertz CT molecular complexity index is 708. The van der Waals surface area contributed by atoms with Crippen LogP contribution in [0.1, 0.15) is 30.7 Å². The van der Waals surface area contributed by atoms with E-state index in [0.717, 1.165) is 38.2 Å². The third-order valence-electron chi connectivity index (χ3n) is 5.22. The molecule has 1 aliphatic heterocycles. The van der Waals surface area contributed by atoms with E-state index in [1.807, 2.05) is 24.1 Å². The number of carbonyl (C=O) groups excluding carboxylic acids is 1. The maximum atomic E-state index is 12.6. The second-order valence-corrected chi connectivity index (χ2v) is 7.67. The second-order valence-electron chi connectivity index (χ2n) is 6.89. The first-order valence-electron chi connectivity index (χ1n) is 8.80. The van der Waals surface area contributed by atoms with Gasteiger partial charge in [0.25, 0.3) is 0 Å². The van der Waals surface area contributed by atoms with Crippen molar-refractivity contribution in [3.05, 3.63) is 40.7 Å². The summed E-state index contributed by atoms with van der Waals surface area (Å²) in [6, 6.07) is 6.56. The lowest BCUT2D eigenvalue weighted by molar-refractivity contribution is 0.182. The highest BCUT2D eigenvalue weighted by Gasteiger charge is 2.40. The number of nitrogens with one attached hydrogen (secondary N) is 1. The molecular weight excluding hydrogens is 334 g/mol. The number of anilines is 1. The quantitative estimate of drug-likeness (QED) is 0.914. The third kappa shape index (κ3) is 3.61. The number of urea groups is 1. The van der Waals surface area contributed by atoms with Crippen molar-refractivity contribution in [1.82, 2.24) is 20.4 Å². The smallest absolute Gasteiger partial charge is 0.317 e. The van der Waals surface area contributed by atoms with Gasteiger partial charge in [0.1, 0.15) is 0 Å². The lowest BCUT2D eigenvalue weighted by Crippen LogP contribution is -2.52.